The van der Waals surface area contributed by atoms with Crippen molar-refractivity contribution in [2.24, 2.45) is 0 Å². The van der Waals surface area contributed by atoms with Crippen LogP contribution in [0.5, 0.6) is 0 Å². The van der Waals surface area contributed by atoms with Crippen molar-refractivity contribution >= 4 is 28.7 Å². The molecule has 2 aromatic carbocycles. The summed E-state index contributed by atoms with van der Waals surface area (Å²) in [5.74, 6) is -1.40. The Morgan fingerprint density at radius 1 is 1.11 bits per heavy atom. The van der Waals surface area contributed by atoms with Gasteiger partial charge in [0.25, 0.3) is 0 Å². The van der Waals surface area contributed by atoms with Gasteiger partial charge in [0.2, 0.25) is 5.91 Å². The number of rotatable bonds is 10. The van der Waals surface area contributed by atoms with Crippen molar-refractivity contribution in [1.82, 2.24) is 10.6 Å². The molecule has 0 aliphatic heterocycles. The summed E-state index contributed by atoms with van der Waals surface area (Å²) in [5.41, 5.74) is 0.845. The standard InChI is InChI=1S/C21H24N2O5/c1-2-19(24)22-13-6-5-12-18(20(25)26)23-21(27)28-14-16-10-7-9-15-8-3-4-11-17(15)16/h2-4,7-11,18H,1,5-6,12-14H2,(H,22,24)(H,23,27)(H,25,26)/t18-/m0/s1. The molecule has 3 N–H and O–H groups in total. The van der Waals surface area contributed by atoms with Gasteiger partial charge in [-0.3, -0.25) is 4.79 Å². The first-order valence-corrected chi connectivity index (χ1v) is 9.04. The predicted octanol–water partition coefficient (Wildman–Crippen LogP) is 2.99. The third-order valence-electron chi connectivity index (χ3n) is 4.23. The van der Waals surface area contributed by atoms with Crippen LogP contribution in [0.25, 0.3) is 10.8 Å². The Hall–Kier alpha value is -3.35. The molecular formula is C21H24N2O5. The zero-order valence-corrected chi connectivity index (χ0v) is 15.5. The van der Waals surface area contributed by atoms with E-state index in [1.165, 1.54) is 6.08 Å². The number of nitrogens with one attached hydrogen (secondary N) is 2. The Bertz CT molecular complexity index is 844. The molecule has 7 heteroatoms. The third-order valence-corrected chi connectivity index (χ3v) is 4.23. The average molecular weight is 384 g/mol. The summed E-state index contributed by atoms with van der Waals surface area (Å²) in [6, 6.07) is 12.4. The molecule has 0 aliphatic carbocycles. The van der Waals surface area contributed by atoms with E-state index >= 15 is 0 Å². The lowest BCUT2D eigenvalue weighted by Crippen LogP contribution is -2.41. The van der Waals surface area contributed by atoms with Gasteiger partial charge in [-0.05, 0) is 41.7 Å². The van der Waals surface area contributed by atoms with Crippen LogP contribution in [0.3, 0.4) is 0 Å². The van der Waals surface area contributed by atoms with Crippen LogP contribution in [0.15, 0.2) is 55.1 Å². The van der Waals surface area contributed by atoms with Crippen molar-refractivity contribution in [3.63, 3.8) is 0 Å². The summed E-state index contributed by atoms with van der Waals surface area (Å²) in [5, 5.41) is 16.3. The summed E-state index contributed by atoms with van der Waals surface area (Å²) in [7, 11) is 0. The van der Waals surface area contributed by atoms with Gasteiger partial charge in [0.15, 0.2) is 0 Å². The molecule has 2 amide bonds. The second kappa shape index (κ2) is 10.7. The molecule has 0 saturated heterocycles. The molecule has 2 rings (SSSR count). The lowest BCUT2D eigenvalue weighted by molar-refractivity contribution is -0.139. The highest BCUT2D eigenvalue weighted by Gasteiger charge is 2.20. The number of carboxylic acid groups (broad SMARTS) is 1. The molecule has 0 spiro atoms. The normalized spacial score (nSPS) is 11.4. The number of alkyl carbamates (subject to hydrolysis) is 1. The van der Waals surface area contributed by atoms with E-state index in [1.54, 1.807) is 0 Å². The average Bonchev–Trinajstić information content (AvgIpc) is 2.70. The van der Waals surface area contributed by atoms with E-state index in [4.69, 9.17) is 4.74 Å². The van der Waals surface area contributed by atoms with Gasteiger partial charge in [-0.2, -0.15) is 0 Å². The molecule has 0 unspecified atom stereocenters. The molecule has 0 radical (unpaired) electrons. The first-order valence-electron chi connectivity index (χ1n) is 9.04. The van der Waals surface area contributed by atoms with Gasteiger partial charge in [0.1, 0.15) is 12.6 Å². The number of fused-ring (bicyclic) bond motifs is 1. The van der Waals surface area contributed by atoms with Gasteiger partial charge >= 0.3 is 12.1 Å². The van der Waals surface area contributed by atoms with Gasteiger partial charge < -0.3 is 20.5 Å². The maximum atomic E-state index is 12.0. The van der Waals surface area contributed by atoms with E-state index in [2.05, 4.69) is 17.2 Å². The molecule has 0 heterocycles. The summed E-state index contributed by atoms with van der Waals surface area (Å²) < 4.78 is 5.21. The molecular weight excluding hydrogens is 360 g/mol. The van der Waals surface area contributed by atoms with E-state index in [0.717, 1.165) is 16.3 Å². The van der Waals surface area contributed by atoms with E-state index < -0.39 is 18.1 Å². The Labute approximate surface area is 163 Å². The number of hydrogen-bond donors (Lipinski definition) is 3. The van der Waals surface area contributed by atoms with E-state index in [0.29, 0.717) is 19.4 Å². The second-order valence-electron chi connectivity index (χ2n) is 6.24. The molecule has 0 aromatic heterocycles. The van der Waals surface area contributed by atoms with Crippen LogP contribution in [0.1, 0.15) is 24.8 Å². The number of aliphatic carboxylic acids is 1. The number of amides is 2. The highest BCUT2D eigenvalue weighted by molar-refractivity contribution is 5.87. The largest absolute Gasteiger partial charge is 0.480 e. The number of carboxylic acids is 1. The van der Waals surface area contributed by atoms with Crippen molar-refractivity contribution in [2.45, 2.75) is 31.9 Å². The van der Waals surface area contributed by atoms with Crippen LogP contribution in [-0.2, 0) is 20.9 Å². The van der Waals surface area contributed by atoms with Gasteiger partial charge in [-0.25, -0.2) is 9.59 Å². The SMILES string of the molecule is C=CC(=O)NCCCC[C@H](NC(=O)OCc1cccc2ccccc12)C(=O)O. The fraction of sp³-hybridized carbons (Fsp3) is 0.286. The van der Waals surface area contributed by atoms with Gasteiger partial charge in [-0.1, -0.05) is 49.0 Å². The first kappa shape index (κ1) is 21.0. The summed E-state index contributed by atoms with van der Waals surface area (Å²) in [6.45, 7) is 3.82. The maximum absolute atomic E-state index is 12.0. The molecule has 1 atom stereocenters. The Morgan fingerprint density at radius 2 is 1.86 bits per heavy atom. The quantitative estimate of drug-likeness (QED) is 0.431. The fourth-order valence-corrected chi connectivity index (χ4v) is 2.76. The Kier molecular flexibility index (Phi) is 8.02. The minimum atomic E-state index is -1.13. The molecule has 0 aliphatic rings. The molecule has 0 fully saturated rings. The highest BCUT2D eigenvalue weighted by atomic mass is 16.5. The Balaban J connectivity index is 1.81. The Morgan fingerprint density at radius 3 is 2.61 bits per heavy atom. The number of carbonyl (C=O) groups is 3. The van der Waals surface area contributed by atoms with Crippen LogP contribution in [-0.4, -0.2) is 35.7 Å². The van der Waals surface area contributed by atoms with Crippen molar-refractivity contribution < 1.29 is 24.2 Å². The lowest BCUT2D eigenvalue weighted by atomic mass is 10.1. The number of unbranched alkanes of at least 4 members (excludes halogenated alkanes) is 1. The van der Waals surface area contributed by atoms with E-state index in [1.807, 2.05) is 42.5 Å². The smallest absolute Gasteiger partial charge is 0.408 e. The van der Waals surface area contributed by atoms with Crippen molar-refractivity contribution in [3.8, 4) is 0 Å². The van der Waals surface area contributed by atoms with Crippen LogP contribution in [0.4, 0.5) is 4.79 Å². The van der Waals surface area contributed by atoms with Gasteiger partial charge in [0.05, 0.1) is 0 Å². The summed E-state index contributed by atoms with van der Waals surface area (Å²) >= 11 is 0. The van der Waals surface area contributed by atoms with E-state index in [-0.39, 0.29) is 18.9 Å². The molecule has 2 aromatic rings. The minimum Gasteiger partial charge on any atom is -0.480 e. The number of ether oxygens (including phenoxy) is 1. The van der Waals surface area contributed by atoms with Gasteiger partial charge in [0, 0.05) is 6.54 Å². The van der Waals surface area contributed by atoms with Crippen molar-refractivity contribution in [1.29, 1.82) is 0 Å². The fourth-order valence-electron chi connectivity index (χ4n) is 2.76. The zero-order valence-electron chi connectivity index (χ0n) is 15.5. The maximum Gasteiger partial charge on any atom is 0.408 e. The topological polar surface area (TPSA) is 105 Å². The minimum absolute atomic E-state index is 0.0487. The number of hydrogen-bond acceptors (Lipinski definition) is 4. The molecule has 7 nitrogen and oxygen atoms in total. The summed E-state index contributed by atoms with van der Waals surface area (Å²) in [6.07, 6.45) is 1.75. The van der Waals surface area contributed by atoms with Crippen LogP contribution >= 0.6 is 0 Å². The summed E-state index contributed by atoms with van der Waals surface area (Å²) in [4.78, 5) is 34.4. The van der Waals surface area contributed by atoms with Crippen LogP contribution < -0.4 is 10.6 Å². The van der Waals surface area contributed by atoms with Crippen molar-refractivity contribution in [3.05, 3.63) is 60.7 Å². The van der Waals surface area contributed by atoms with Crippen molar-refractivity contribution in [2.75, 3.05) is 6.54 Å². The zero-order chi connectivity index (χ0) is 20.4. The van der Waals surface area contributed by atoms with Crippen LogP contribution in [0, 0.1) is 0 Å². The highest BCUT2D eigenvalue weighted by Crippen LogP contribution is 2.19. The van der Waals surface area contributed by atoms with Gasteiger partial charge in [-0.15, -0.1) is 0 Å². The van der Waals surface area contributed by atoms with Crippen LogP contribution in [0.2, 0.25) is 0 Å². The van der Waals surface area contributed by atoms with E-state index in [9.17, 15) is 19.5 Å². The first-order chi connectivity index (χ1) is 13.5. The third kappa shape index (κ3) is 6.42. The lowest BCUT2D eigenvalue weighted by Gasteiger charge is -2.15. The molecule has 28 heavy (non-hydrogen) atoms. The monoisotopic (exact) mass is 384 g/mol. The molecule has 0 saturated carbocycles. The molecule has 148 valence electrons. The number of benzene rings is 2. The molecule has 0 bridgehead atoms. The number of carbonyl (C=O) groups excluding carboxylic acids is 2. The predicted molar refractivity (Wildman–Crippen MR) is 106 cm³/mol. The second-order valence-corrected chi connectivity index (χ2v) is 6.24.